The first-order chi connectivity index (χ1) is 12.3. The Morgan fingerprint density at radius 3 is 2.50 bits per heavy atom. The number of nitriles is 1. The molecule has 11 heteroatoms. The highest BCUT2D eigenvalue weighted by Crippen LogP contribution is 2.31. The molecule has 2 amide bonds. The Morgan fingerprint density at radius 1 is 1.19 bits per heavy atom. The first kappa shape index (κ1) is 18.3. The first-order valence-electron chi connectivity index (χ1n) is 7.17. The van der Waals surface area contributed by atoms with Crippen molar-refractivity contribution in [2.45, 2.75) is 12.8 Å². The van der Waals surface area contributed by atoms with Crippen LogP contribution in [0.4, 0.5) is 0 Å². The zero-order chi connectivity index (χ0) is 19.2. The lowest BCUT2D eigenvalue weighted by atomic mass is 9.99. The van der Waals surface area contributed by atoms with Crippen molar-refractivity contribution in [1.82, 2.24) is 19.7 Å². The quantitative estimate of drug-likeness (QED) is 0.407. The summed E-state index contributed by atoms with van der Waals surface area (Å²) in [5.74, 6) is -1.76. The monoisotopic (exact) mass is 410 g/mol. The fourth-order valence-electron chi connectivity index (χ4n) is 2.48. The van der Waals surface area contributed by atoms with Crippen molar-refractivity contribution in [2.24, 2.45) is 4.99 Å². The third kappa shape index (κ3) is 2.84. The average Bonchev–Trinajstić information content (AvgIpc) is 2.61. The maximum atomic E-state index is 12.4. The molecule has 1 unspecified atom stereocenters. The van der Waals surface area contributed by atoms with E-state index in [1.807, 2.05) is 0 Å². The van der Waals surface area contributed by atoms with Crippen LogP contribution in [-0.2, 0) is 4.79 Å². The number of carbonyl (C=O) groups excluding carboxylic acids is 2. The number of nitrogens with zero attached hydrogens (tertiary/aromatic N) is 6. The van der Waals surface area contributed by atoms with Crippen molar-refractivity contribution < 1.29 is 9.59 Å². The highest BCUT2D eigenvalue weighted by molar-refractivity contribution is 6.43. The van der Waals surface area contributed by atoms with E-state index < -0.39 is 17.7 Å². The summed E-state index contributed by atoms with van der Waals surface area (Å²) >= 11 is 18.2. The molecule has 132 valence electrons. The number of hydrogen-bond donors (Lipinski definition) is 0. The molecule has 1 aromatic carbocycles. The molecular weight excluding hydrogens is 403 g/mol. The number of aromatic nitrogens is 3. The van der Waals surface area contributed by atoms with Crippen molar-refractivity contribution in [3.05, 3.63) is 44.2 Å². The third-order valence-electron chi connectivity index (χ3n) is 3.84. The van der Waals surface area contributed by atoms with Crippen LogP contribution < -0.4 is 5.62 Å². The predicted octanol–water partition coefficient (Wildman–Crippen LogP) is 2.32. The number of rotatable bonds is 1. The lowest BCUT2D eigenvalue weighted by Gasteiger charge is -2.26. The number of amides is 2. The molecule has 0 saturated carbocycles. The molecule has 0 N–H and O–H groups in total. The van der Waals surface area contributed by atoms with E-state index in [9.17, 15) is 9.59 Å². The number of benzene rings is 1. The molecule has 0 radical (unpaired) electrons. The summed E-state index contributed by atoms with van der Waals surface area (Å²) in [4.78, 5) is 33.4. The van der Waals surface area contributed by atoms with Gasteiger partial charge in [-0.1, -0.05) is 34.8 Å². The van der Waals surface area contributed by atoms with Crippen molar-refractivity contribution >= 4 is 46.6 Å². The van der Waals surface area contributed by atoms with Crippen LogP contribution in [0.15, 0.2) is 17.1 Å². The van der Waals surface area contributed by atoms with Gasteiger partial charge in [0, 0.05) is 7.05 Å². The molecule has 0 bridgehead atoms. The van der Waals surface area contributed by atoms with E-state index in [0.717, 1.165) is 9.58 Å². The molecule has 3 rings (SSSR count). The summed E-state index contributed by atoms with van der Waals surface area (Å²) in [5.41, 5.74) is 0.173. The topological polar surface area (TPSA) is 104 Å². The van der Waals surface area contributed by atoms with Crippen molar-refractivity contribution in [2.75, 3.05) is 7.05 Å². The standard InChI is InChI=1S/C15H9Cl3N6O2/c1-6-11-12(14(26)23(2)13(6)25)22-24(15(21-11)20-5-19)10-4-8(17)7(16)3-9(10)18/h3-4,6H,1-2H3. The third-order valence-corrected chi connectivity index (χ3v) is 4.86. The molecule has 0 saturated heterocycles. The van der Waals surface area contributed by atoms with Crippen LogP contribution in [-0.4, -0.2) is 38.5 Å². The second-order valence-electron chi connectivity index (χ2n) is 5.41. The van der Waals surface area contributed by atoms with E-state index in [1.54, 1.807) is 13.1 Å². The van der Waals surface area contributed by atoms with Gasteiger partial charge in [-0.3, -0.25) is 14.5 Å². The van der Waals surface area contributed by atoms with Gasteiger partial charge in [-0.15, -0.1) is 4.99 Å². The van der Waals surface area contributed by atoms with Gasteiger partial charge in [0.15, 0.2) is 5.69 Å². The van der Waals surface area contributed by atoms with Crippen molar-refractivity contribution in [3.63, 3.8) is 0 Å². The highest BCUT2D eigenvalue weighted by Gasteiger charge is 2.37. The minimum Gasteiger partial charge on any atom is -0.280 e. The Hall–Kier alpha value is -2.47. The Balaban J connectivity index is 2.37. The summed E-state index contributed by atoms with van der Waals surface area (Å²) < 4.78 is 1.11. The van der Waals surface area contributed by atoms with Crippen LogP contribution in [0, 0.1) is 11.5 Å². The van der Waals surface area contributed by atoms with Gasteiger partial charge < -0.3 is 0 Å². The molecule has 2 aromatic rings. The molecule has 8 nitrogen and oxygen atoms in total. The molecule has 2 heterocycles. The second-order valence-corrected chi connectivity index (χ2v) is 6.63. The summed E-state index contributed by atoms with van der Waals surface area (Å²) in [6.45, 7) is 1.59. The molecule has 1 aliphatic rings. The molecule has 0 fully saturated rings. The number of fused-ring (bicyclic) bond motifs is 1. The zero-order valence-corrected chi connectivity index (χ0v) is 15.6. The number of likely N-dealkylation sites (N-methyl/N-ethyl adjacent to an activating group) is 1. The fourth-order valence-corrected chi connectivity index (χ4v) is 3.10. The largest absolute Gasteiger partial charge is 0.282 e. The molecule has 0 spiro atoms. The summed E-state index contributed by atoms with van der Waals surface area (Å²) in [6, 6.07) is 2.81. The number of hydrogen-bond acceptors (Lipinski definition) is 6. The van der Waals surface area contributed by atoms with Gasteiger partial charge in [-0.25, -0.2) is 4.98 Å². The molecule has 26 heavy (non-hydrogen) atoms. The van der Waals surface area contributed by atoms with Crippen LogP contribution in [0.1, 0.15) is 29.0 Å². The smallest absolute Gasteiger partial charge is 0.280 e. The van der Waals surface area contributed by atoms with Gasteiger partial charge in [0.05, 0.1) is 32.4 Å². The van der Waals surface area contributed by atoms with Crippen LogP contribution in [0.5, 0.6) is 0 Å². The van der Waals surface area contributed by atoms with E-state index in [4.69, 9.17) is 40.1 Å². The van der Waals surface area contributed by atoms with E-state index in [2.05, 4.69) is 15.1 Å². The maximum absolute atomic E-state index is 12.4. The van der Waals surface area contributed by atoms with Crippen LogP contribution >= 0.6 is 34.8 Å². The van der Waals surface area contributed by atoms with Crippen molar-refractivity contribution in [1.29, 1.82) is 5.26 Å². The van der Waals surface area contributed by atoms with Crippen LogP contribution in [0.25, 0.3) is 5.69 Å². The maximum Gasteiger partial charge on any atom is 0.282 e. The Morgan fingerprint density at radius 2 is 1.85 bits per heavy atom. The van der Waals surface area contributed by atoms with Crippen molar-refractivity contribution in [3.8, 4) is 11.9 Å². The van der Waals surface area contributed by atoms with Gasteiger partial charge in [0.1, 0.15) is 0 Å². The Bertz CT molecular complexity index is 1070. The van der Waals surface area contributed by atoms with Gasteiger partial charge in [-0.05, 0) is 19.1 Å². The summed E-state index contributed by atoms with van der Waals surface area (Å²) in [7, 11) is 1.36. The SMILES string of the molecule is CC1C(=O)N(C)C(=O)c2nn(-c3cc(Cl)c(Cl)cc3Cl)c(=NC#N)nc21. The Labute approximate surface area is 162 Å². The van der Waals surface area contributed by atoms with Gasteiger partial charge in [0.25, 0.3) is 11.5 Å². The number of imide groups is 1. The second kappa shape index (κ2) is 6.68. The fraction of sp³-hybridized carbons (Fsp3) is 0.200. The molecule has 0 aliphatic carbocycles. The van der Waals surface area contributed by atoms with E-state index >= 15 is 0 Å². The predicted molar refractivity (Wildman–Crippen MR) is 93.1 cm³/mol. The minimum absolute atomic E-state index is 0.0429. The first-order valence-corrected chi connectivity index (χ1v) is 8.30. The molecule has 1 atom stereocenters. The summed E-state index contributed by atoms with van der Waals surface area (Å²) in [6.07, 6.45) is 1.61. The van der Waals surface area contributed by atoms with E-state index in [0.29, 0.717) is 0 Å². The number of halogens is 3. The van der Waals surface area contributed by atoms with E-state index in [-0.39, 0.29) is 37.8 Å². The molecule has 1 aliphatic heterocycles. The summed E-state index contributed by atoms with van der Waals surface area (Å²) in [5, 5.41) is 13.8. The van der Waals surface area contributed by atoms with Gasteiger partial charge >= 0.3 is 0 Å². The van der Waals surface area contributed by atoms with Crippen LogP contribution in [0.2, 0.25) is 15.1 Å². The highest BCUT2D eigenvalue weighted by atomic mass is 35.5. The van der Waals surface area contributed by atoms with E-state index in [1.165, 1.54) is 19.2 Å². The molecular formula is C15H9Cl3N6O2. The van der Waals surface area contributed by atoms with Gasteiger partial charge in [-0.2, -0.15) is 15.0 Å². The zero-order valence-electron chi connectivity index (χ0n) is 13.4. The lowest BCUT2D eigenvalue weighted by Crippen LogP contribution is -2.45. The van der Waals surface area contributed by atoms with Crippen LogP contribution in [0.3, 0.4) is 0 Å². The lowest BCUT2D eigenvalue weighted by molar-refractivity contribution is -0.129. The average molecular weight is 412 g/mol. The normalized spacial score (nSPS) is 17.3. The van der Waals surface area contributed by atoms with Gasteiger partial charge in [0.2, 0.25) is 12.1 Å². The Kier molecular flexibility index (Phi) is 4.71. The molecule has 1 aromatic heterocycles. The minimum atomic E-state index is -0.716. The number of carbonyl (C=O) groups is 2.